The van der Waals surface area contributed by atoms with Crippen molar-refractivity contribution in [3.63, 3.8) is 0 Å². The van der Waals surface area contributed by atoms with Crippen LogP contribution in [0.4, 0.5) is 0 Å². The average molecular weight is 282 g/mol. The van der Waals surface area contributed by atoms with Crippen LogP contribution in [0.5, 0.6) is 0 Å². The van der Waals surface area contributed by atoms with Crippen LogP contribution >= 0.6 is 0 Å². The van der Waals surface area contributed by atoms with Gasteiger partial charge in [-0.25, -0.2) is 0 Å². The second-order valence-corrected chi connectivity index (χ2v) is 6.22. The van der Waals surface area contributed by atoms with Gasteiger partial charge in [0.05, 0.1) is 0 Å². The van der Waals surface area contributed by atoms with Gasteiger partial charge >= 0.3 is 0 Å². The number of carbonyl (C=O) groups excluding carboxylic acids is 2. The van der Waals surface area contributed by atoms with Gasteiger partial charge < -0.3 is 4.79 Å². The highest BCUT2D eigenvalue weighted by Gasteiger charge is 2.60. The highest BCUT2D eigenvalue weighted by molar-refractivity contribution is 5.84. The number of fused-ring (bicyclic) bond motifs is 2. The third-order valence-corrected chi connectivity index (χ3v) is 4.82. The maximum absolute atomic E-state index is 11.7. The van der Waals surface area contributed by atoms with E-state index in [1.54, 1.807) is 6.92 Å². The van der Waals surface area contributed by atoms with Crippen LogP contribution in [0.15, 0.2) is 12.2 Å². The highest BCUT2D eigenvalue weighted by atomic mass is 16.1. The summed E-state index contributed by atoms with van der Waals surface area (Å²) in [6.45, 7) is 15.4. The molecule has 1 fully saturated rings. The first kappa shape index (κ1) is 21.4. The molecule has 2 bridgehead atoms. The summed E-state index contributed by atoms with van der Waals surface area (Å²) in [5.74, 6) is 1.63. The molecule has 2 aliphatic rings. The first-order chi connectivity index (χ1) is 8.64. The van der Waals surface area contributed by atoms with E-state index in [1.807, 2.05) is 13.8 Å². The van der Waals surface area contributed by atoms with Crippen LogP contribution in [-0.4, -0.2) is 11.6 Å². The zero-order valence-electron chi connectivity index (χ0n) is 13.8. The van der Waals surface area contributed by atoms with Crippen LogP contribution in [0.2, 0.25) is 0 Å². The average Bonchev–Trinajstić information content (AvgIpc) is 2.84. The highest BCUT2D eigenvalue weighted by Crippen LogP contribution is 2.63. The number of rotatable bonds is 1. The Kier molecular flexibility index (Phi) is 8.29. The summed E-state index contributed by atoms with van der Waals surface area (Å²) >= 11 is 0. The van der Waals surface area contributed by atoms with Gasteiger partial charge in [-0.2, -0.15) is 0 Å². The third kappa shape index (κ3) is 3.59. The molecule has 0 saturated heterocycles. The molecule has 20 heavy (non-hydrogen) atoms. The monoisotopic (exact) mass is 282 g/mol. The van der Waals surface area contributed by atoms with Gasteiger partial charge in [0.1, 0.15) is 11.6 Å². The smallest absolute Gasteiger partial charge is 0.136 e. The number of hydrogen-bond acceptors (Lipinski definition) is 2. The standard InChI is InChI=1S/C12H18O.C3H6O.C2H6.CH4/c1-8(13)12(4)10-6-5-9(7-10)11(12,2)3;1-3(2)4;1-2;/h5-6,9-10H,7H2,1-4H3;1-2H3;1-2H3;1H4/t9-,10+,12?;;;/m0.../s1. The second kappa shape index (κ2) is 7.75. The molecule has 0 amide bonds. The molecule has 0 N–H and O–H groups in total. The van der Waals surface area contributed by atoms with Crippen molar-refractivity contribution in [3.05, 3.63) is 12.2 Å². The summed E-state index contributed by atoms with van der Waals surface area (Å²) < 4.78 is 0. The Morgan fingerprint density at radius 1 is 0.950 bits per heavy atom. The van der Waals surface area contributed by atoms with E-state index in [0.717, 1.165) is 0 Å². The Labute approximate surface area is 126 Å². The van der Waals surface area contributed by atoms with Crippen molar-refractivity contribution in [2.45, 2.75) is 69.2 Å². The fourth-order valence-corrected chi connectivity index (χ4v) is 3.24. The van der Waals surface area contributed by atoms with E-state index in [1.165, 1.54) is 20.3 Å². The molecule has 0 spiro atoms. The summed E-state index contributed by atoms with van der Waals surface area (Å²) in [5, 5.41) is 0. The molecule has 2 aliphatic carbocycles. The Balaban J connectivity index is 0. The van der Waals surface area contributed by atoms with Crippen molar-refractivity contribution in [2.75, 3.05) is 0 Å². The summed E-state index contributed by atoms with van der Waals surface area (Å²) in [7, 11) is 0. The first-order valence-electron chi connectivity index (χ1n) is 7.30. The molecule has 118 valence electrons. The van der Waals surface area contributed by atoms with E-state index >= 15 is 0 Å². The topological polar surface area (TPSA) is 34.1 Å². The normalized spacial score (nSPS) is 31.2. The van der Waals surface area contributed by atoms with Crippen LogP contribution < -0.4 is 0 Å². The SMILES string of the molecule is C.CC.CC(=O)C1(C)[C@@H]2C=C[C@@H](C2)C1(C)C.CC(C)=O. The predicted molar refractivity (Wildman–Crippen MR) is 87.7 cm³/mol. The molecule has 2 nitrogen and oxygen atoms in total. The third-order valence-electron chi connectivity index (χ3n) is 4.82. The van der Waals surface area contributed by atoms with E-state index in [9.17, 15) is 9.59 Å². The summed E-state index contributed by atoms with van der Waals surface area (Å²) in [6.07, 6.45) is 5.73. The van der Waals surface area contributed by atoms with Gasteiger partial charge in [0.25, 0.3) is 0 Å². The van der Waals surface area contributed by atoms with Crippen LogP contribution in [0.25, 0.3) is 0 Å². The quantitative estimate of drug-likeness (QED) is 0.629. The lowest BCUT2D eigenvalue weighted by Gasteiger charge is -2.43. The Morgan fingerprint density at radius 3 is 1.50 bits per heavy atom. The van der Waals surface area contributed by atoms with Gasteiger partial charge in [-0.15, -0.1) is 0 Å². The zero-order chi connectivity index (χ0) is 15.4. The van der Waals surface area contributed by atoms with Gasteiger partial charge in [0.15, 0.2) is 0 Å². The molecular weight excluding hydrogens is 248 g/mol. The van der Waals surface area contributed by atoms with E-state index in [2.05, 4.69) is 32.9 Å². The van der Waals surface area contributed by atoms with E-state index in [4.69, 9.17) is 0 Å². The Hall–Kier alpha value is -0.920. The second-order valence-electron chi connectivity index (χ2n) is 6.22. The minimum Gasteiger partial charge on any atom is -0.300 e. The van der Waals surface area contributed by atoms with Crippen LogP contribution in [0, 0.1) is 22.7 Å². The molecule has 2 rings (SSSR count). The molecular formula is C18H34O2. The van der Waals surface area contributed by atoms with Crippen molar-refractivity contribution in [3.8, 4) is 0 Å². The van der Waals surface area contributed by atoms with Crippen LogP contribution in [0.1, 0.15) is 69.2 Å². The van der Waals surface area contributed by atoms with Crippen molar-refractivity contribution in [2.24, 2.45) is 22.7 Å². The van der Waals surface area contributed by atoms with E-state index in [0.29, 0.717) is 17.6 Å². The molecule has 3 atom stereocenters. The Morgan fingerprint density at radius 2 is 1.30 bits per heavy atom. The van der Waals surface area contributed by atoms with Gasteiger partial charge in [0, 0.05) is 5.41 Å². The minimum absolute atomic E-state index is 0. The molecule has 0 aromatic heterocycles. The predicted octanol–water partition coefficient (Wildman–Crippen LogP) is 5.07. The molecule has 0 aromatic rings. The van der Waals surface area contributed by atoms with E-state index in [-0.39, 0.29) is 24.0 Å². The lowest BCUT2D eigenvalue weighted by Crippen LogP contribution is -2.44. The van der Waals surface area contributed by atoms with Gasteiger partial charge in [-0.3, -0.25) is 4.79 Å². The fraction of sp³-hybridized carbons (Fsp3) is 0.778. The van der Waals surface area contributed by atoms with E-state index < -0.39 is 0 Å². The zero-order valence-corrected chi connectivity index (χ0v) is 13.8. The largest absolute Gasteiger partial charge is 0.300 e. The molecule has 1 saturated carbocycles. The lowest BCUT2D eigenvalue weighted by atomic mass is 9.59. The number of allylic oxidation sites excluding steroid dienone is 2. The molecule has 0 radical (unpaired) electrons. The molecule has 0 aliphatic heterocycles. The summed E-state index contributed by atoms with van der Waals surface area (Å²) in [6, 6.07) is 0. The van der Waals surface area contributed by atoms with Crippen LogP contribution in [-0.2, 0) is 9.59 Å². The molecule has 0 heterocycles. The van der Waals surface area contributed by atoms with Gasteiger partial charge in [-0.1, -0.05) is 54.2 Å². The minimum atomic E-state index is -0.119. The molecule has 0 aromatic carbocycles. The number of hydrogen-bond donors (Lipinski definition) is 0. The van der Waals surface area contributed by atoms with Crippen LogP contribution in [0.3, 0.4) is 0 Å². The van der Waals surface area contributed by atoms with Crippen molar-refractivity contribution in [1.29, 1.82) is 0 Å². The van der Waals surface area contributed by atoms with Crippen molar-refractivity contribution >= 4 is 11.6 Å². The number of ketones is 2. The lowest BCUT2D eigenvalue weighted by molar-refractivity contribution is -0.133. The van der Waals surface area contributed by atoms with Crippen molar-refractivity contribution < 1.29 is 9.59 Å². The Bertz CT molecular complexity index is 362. The summed E-state index contributed by atoms with van der Waals surface area (Å²) in [4.78, 5) is 21.2. The molecule has 1 unspecified atom stereocenters. The van der Waals surface area contributed by atoms with Crippen molar-refractivity contribution in [1.82, 2.24) is 0 Å². The molecule has 2 heteroatoms. The number of Topliss-reactive ketones (excluding diaryl/α,β-unsaturated/α-hetero) is 2. The number of carbonyl (C=O) groups is 2. The maximum atomic E-state index is 11.7. The van der Waals surface area contributed by atoms with Gasteiger partial charge in [-0.05, 0) is 44.4 Å². The van der Waals surface area contributed by atoms with Gasteiger partial charge in [0.2, 0.25) is 0 Å². The summed E-state index contributed by atoms with van der Waals surface area (Å²) in [5.41, 5.74) is 0.0324. The fourth-order valence-electron chi connectivity index (χ4n) is 3.24. The maximum Gasteiger partial charge on any atom is 0.136 e. The first-order valence-corrected chi connectivity index (χ1v) is 7.30.